The van der Waals surface area contributed by atoms with Gasteiger partial charge >= 0.3 is 5.97 Å². The lowest BCUT2D eigenvalue weighted by Gasteiger charge is -2.38. The number of hydrogen-bond acceptors (Lipinski definition) is 4. The Morgan fingerprint density at radius 2 is 1.95 bits per heavy atom. The van der Waals surface area contributed by atoms with E-state index in [-0.39, 0.29) is 17.9 Å². The molecule has 20 heavy (non-hydrogen) atoms. The summed E-state index contributed by atoms with van der Waals surface area (Å²) in [5, 5.41) is 9.01. The van der Waals surface area contributed by atoms with Crippen LogP contribution in [-0.2, 0) is 14.3 Å². The van der Waals surface area contributed by atoms with Gasteiger partial charge in [-0.2, -0.15) is 0 Å². The van der Waals surface area contributed by atoms with Gasteiger partial charge in [0.25, 0.3) is 0 Å². The molecule has 2 saturated heterocycles. The van der Waals surface area contributed by atoms with Gasteiger partial charge in [-0.05, 0) is 19.8 Å². The Morgan fingerprint density at radius 3 is 2.50 bits per heavy atom. The fourth-order valence-corrected chi connectivity index (χ4v) is 3.05. The molecule has 2 rings (SSSR count). The van der Waals surface area contributed by atoms with Crippen LogP contribution in [0.15, 0.2) is 0 Å². The van der Waals surface area contributed by atoms with Gasteiger partial charge in [0.1, 0.15) is 6.04 Å². The van der Waals surface area contributed by atoms with Gasteiger partial charge in [-0.1, -0.05) is 6.92 Å². The first-order chi connectivity index (χ1) is 9.54. The maximum absolute atomic E-state index is 12.5. The number of aliphatic carboxylic acids is 1. The molecule has 0 saturated carbocycles. The van der Waals surface area contributed by atoms with Gasteiger partial charge in [0.2, 0.25) is 5.91 Å². The van der Waals surface area contributed by atoms with Gasteiger partial charge in [-0.15, -0.1) is 0 Å². The Balaban J connectivity index is 1.87. The first-order valence-corrected chi connectivity index (χ1v) is 7.41. The monoisotopic (exact) mass is 284 g/mol. The van der Waals surface area contributed by atoms with E-state index in [9.17, 15) is 9.59 Å². The van der Waals surface area contributed by atoms with E-state index < -0.39 is 12.0 Å². The fraction of sp³-hybridized carbons (Fsp3) is 0.857. The molecule has 2 aliphatic rings. The molecule has 2 heterocycles. The van der Waals surface area contributed by atoms with Gasteiger partial charge < -0.3 is 14.7 Å². The number of carbonyl (C=O) groups excluding carboxylic acids is 1. The van der Waals surface area contributed by atoms with Gasteiger partial charge in [0.15, 0.2) is 0 Å². The lowest BCUT2D eigenvalue weighted by molar-refractivity contribution is -0.145. The molecule has 3 unspecified atom stereocenters. The molecule has 0 aromatic carbocycles. The van der Waals surface area contributed by atoms with Crippen molar-refractivity contribution in [2.24, 2.45) is 5.92 Å². The zero-order valence-electron chi connectivity index (χ0n) is 12.2. The van der Waals surface area contributed by atoms with Crippen LogP contribution in [0.4, 0.5) is 0 Å². The Hall–Kier alpha value is -1.14. The van der Waals surface area contributed by atoms with E-state index >= 15 is 0 Å². The second kappa shape index (κ2) is 6.54. The lowest BCUT2D eigenvalue weighted by Crippen LogP contribution is -2.54. The minimum atomic E-state index is -0.806. The van der Waals surface area contributed by atoms with Crippen LogP contribution in [-0.4, -0.2) is 71.7 Å². The topological polar surface area (TPSA) is 70.1 Å². The molecule has 0 aliphatic carbocycles. The molecular weight excluding hydrogens is 260 g/mol. The first kappa shape index (κ1) is 15.3. The SMILES string of the molecule is CCC1OCCC1C(=O)N1CCN(C(C)C(=O)O)CC1. The highest BCUT2D eigenvalue weighted by atomic mass is 16.5. The molecule has 0 aromatic heterocycles. The first-order valence-electron chi connectivity index (χ1n) is 7.41. The molecule has 3 atom stereocenters. The van der Waals surface area contributed by atoms with Crippen molar-refractivity contribution in [1.29, 1.82) is 0 Å². The zero-order valence-corrected chi connectivity index (χ0v) is 12.2. The summed E-state index contributed by atoms with van der Waals surface area (Å²) in [5.74, 6) is -0.638. The number of carbonyl (C=O) groups is 2. The van der Waals surface area contributed by atoms with Crippen molar-refractivity contribution >= 4 is 11.9 Å². The van der Waals surface area contributed by atoms with Gasteiger partial charge in [0, 0.05) is 32.8 Å². The molecule has 1 N–H and O–H groups in total. The van der Waals surface area contributed by atoms with Crippen molar-refractivity contribution in [3.05, 3.63) is 0 Å². The quantitative estimate of drug-likeness (QED) is 0.810. The normalized spacial score (nSPS) is 29.4. The summed E-state index contributed by atoms with van der Waals surface area (Å²) in [6.07, 6.45) is 1.73. The van der Waals surface area contributed by atoms with Crippen molar-refractivity contribution in [2.75, 3.05) is 32.8 Å². The summed E-state index contributed by atoms with van der Waals surface area (Å²) in [6.45, 7) is 6.89. The Morgan fingerprint density at radius 1 is 1.30 bits per heavy atom. The third kappa shape index (κ3) is 3.12. The predicted octanol–water partition coefficient (Wildman–Crippen LogP) is 0.419. The summed E-state index contributed by atoms with van der Waals surface area (Å²) in [6, 6.07) is -0.481. The van der Waals surface area contributed by atoms with Crippen LogP contribution in [0.2, 0.25) is 0 Å². The highest BCUT2D eigenvalue weighted by Crippen LogP contribution is 2.26. The second-order valence-electron chi connectivity index (χ2n) is 5.59. The number of amides is 1. The van der Waals surface area contributed by atoms with Crippen molar-refractivity contribution in [3.8, 4) is 0 Å². The average molecular weight is 284 g/mol. The van der Waals surface area contributed by atoms with Gasteiger partial charge in [-0.25, -0.2) is 0 Å². The number of carboxylic acid groups (broad SMARTS) is 1. The van der Waals surface area contributed by atoms with Gasteiger partial charge in [-0.3, -0.25) is 14.5 Å². The van der Waals surface area contributed by atoms with Crippen molar-refractivity contribution in [1.82, 2.24) is 9.80 Å². The third-order valence-corrected chi connectivity index (χ3v) is 4.46. The zero-order chi connectivity index (χ0) is 14.7. The standard InChI is InChI=1S/C14H24N2O4/c1-3-12-11(4-9-20-12)13(17)16-7-5-15(6-8-16)10(2)14(18)19/h10-12H,3-9H2,1-2H3,(H,18,19). The summed E-state index contributed by atoms with van der Waals surface area (Å²) in [4.78, 5) is 27.2. The van der Waals surface area contributed by atoms with E-state index in [1.54, 1.807) is 6.92 Å². The minimum Gasteiger partial charge on any atom is -0.480 e. The van der Waals surface area contributed by atoms with Crippen LogP contribution >= 0.6 is 0 Å². The van der Waals surface area contributed by atoms with Crippen LogP contribution in [0.5, 0.6) is 0 Å². The Bertz CT molecular complexity index is 366. The molecule has 2 fully saturated rings. The summed E-state index contributed by atoms with van der Waals surface area (Å²) < 4.78 is 5.58. The van der Waals surface area contributed by atoms with Crippen molar-refractivity contribution in [3.63, 3.8) is 0 Å². The Labute approximate surface area is 119 Å². The second-order valence-corrected chi connectivity index (χ2v) is 5.59. The van der Waals surface area contributed by atoms with E-state index in [2.05, 4.69) is 0 Å². The molecule has 0 radical (unpaired) electrons. The number of ether oxygens (including phenoxy) is 1. The highest BCUT2D eigenvalue weighted by molar-refractivity contribution is 5.80. The maximum Gasteiger partial charge on any atom is 0.320 e. The Kier molecular flexibility index (Phi) is 4.99. The fourth-order valence-electron chi connectivity index (χ4n) is 3.05. The third-order valence-electron chi connectivity index (χ3n) is 4.46. The van der Waals surface area contributed by atoms with E-state index in [1.165, 1.54) is 0 Å². The molecule has 0 bridgehead atoms. The summed E-state index contributed by atoms with van der Waals surface area (Å²) in [7, 11) is 0. The van der Waals surface area contributed by atoms with Crippen LogP contribution in [0.3, 0.4) is 0 Å². The minimum absolute atomic E-state index is 0.0107. The number of hydrogen-bond donors (Lipinski definition) is 1. The number of rotatable bonds is 4. The maximum atomic E-state index is 12.5. The number of piperazine rings is 1. The largest absolute Gasteiger partial charge is 0.480 e. The molecule has 0 spiro atoms. The molecule has 0 aromatic rings. The summed E-state index contributed by atoms with van der Waals surface area (Å²) >= 11 is 0. The molecule has 114 valence electrons. The van der Waals surface area contributed by atoms with E-state index in [0.717, 1.165) is 12.8 Å². The van der Waals surface area contributed by atoms with Crippen LogP contribution in [0.1, 0.15) is 26.7 Å². The molecule has 6 heteroatoms. The van der Waals surface area contributed by atoms with Crippen molar-refractivity contribution < 1.29 is 19.4 Å². The van der Waals surface area contributed by atoms with E-state index in [0.29, 0.717) is 32.8 Å². The lowest BCUT2D eigenvalue weighted by atomic mass is 9.97. The van der Waals surface area contributed by atoms with Crippen molar-refractivity contribution in [2.45, 2.75) is 38.8 Å². The molecule has 2 aliphatic heterocycles. The van der Waals surface area contributed by atoms with Crippen LogP contribution < -0.4 is 0 Å². The molecule has 1 amide bonds. The average Bonchev–Trinajstić information content (AvgIpc) is 2.94. The van der Waals surface area contributed by atoms with E-state index in [1.807, 2.05) is 16.7 Å². The predicted molar refractivity (Wildman–Crippen MR) is 73.4 cm³/mol. The summed E-state index contributed by atoms with van der Waals surface area (Å²) in [5.41, 5.74) is 0. The smallest absolute Gasteiger partial charge is 0.320 e. The van der Waals surface area contributed by atoms with Crippen LogP contribution in [0.25, 0.3) is 0 Å². The van der Waals surface area contributed by atoms with Gasteiger partial charge in [0.05, 0.1) is 12.0 Å². The van der Waals surface area contributed by atoms with E-state index in [4.69, 9.17) is 9.84 Å². The van der Waals surface area contributed by atoms with Crippen LogP contribution in [0, 0.1) is 5.92 Å². The highest BCUT2D eigenvalue weighted by Gasteiger charge is 2.37. The molecular formula is C14H24N2O4. The molecule has 6 nitrogen and oxygen atoms in total. The number of carboxylic acids is 1. The number of nitrogens with zero attached hydrogens (tertiary/aromatic N) is 2.